The number of carbonyl (C=O) groups is 1. The van der Waals surface area contributed by atoms with Crippen LogP contribution in [0.3, 0.4) is 0 Å². The van der Waals surface area contributed by atoms with Crippen molar-refractivity contribution in [3.63, 3.8) is 0 Å². The van der Waals surface area contributed by atoms with E-state index in [1.165, 1.54) is 24.9 Å². The lowest BCUT2D eigenvalue weighted by molar-refractivity contribution is -0.0460. The molecule has 3 atom stereocenters. The number of hydrogen-bond donors (Lipinski definition) is 1. The summed E-state index contributed by atoms with van der Waals surface area (Å²) in [5.41, 5.74) is 1.37. The van der Waals surface area contributed by atoms with Crippen LogP contribution in [0.2, 0.25) is 0 Å². The highest BCUT2D eigenvalue weighted by Crippen LogP contribution is 2.23. The summed E-state index contributed by atoms with van der Waals surface area (Å²) in [6.07, 6.45) is 4.84. The maximum atomic E-state index is 12.5. The number of morpholine rings is 1. The van der Waals surface area contributed by atoms with Gasteiger partial charge < -0.3 is 15.0 Å². The summed E-state index contributed by atoms with van der Waals surface area (Å²) in [7, 11) is 0. The number of amides is 2. The van der Waals surface area contributed by atoms with Crippen LogP contribution in [0, 0.1) is 5.92 Å². The molecule has 136 valence electrons. The predicted molar refractivity (Wildman–Crippen MR) is 97.6 cm³/mol. The van der Waals surface area contributed by atoms with Crippen LogP contribution < -0.4 is 5.32 Å². The number of nitrogens with one attached hydrogen (secondary N) is 1. The van der Waals surface area contributed by atoms with E-state index < -0.39 is 0 Å². The van der Waals surface area contributed by atoms with Gasteiger partial charge in [0.05, 0.1) is 12.7 Å². The van der Waals surface area contributed by atoms with Crippen molar-refractivity contribution in [2.75, 3.05) is 39.3 Å². The molecular weight excluding hydrogens is 314 g/mol. The van der Waals surface area contributed by atoms with Gasteiger partial charge in [0.25, 0.3) is 0 Å². The van der Waals surface area contributed by atoms with Crippen molar-refractivity contribution in [2.24, 2.45) is 5.92 Å². The molecule has 2 amide bonds. The molecular formula is C20H29N3O2. The number of rotatable bonds is 4. The summed E-state index contributed by atoms with van der Waals surface area (Å²) in [5, 5.41) is 3.09. The van der Waals surface area contributed by atoms with Crippen LogP contribution >= 0.6 is 0 Å². The number of likely N-dealkylation sites (tertiary alicyclic amines) is 1. The molecule has 0 aromatic heterocycles. The van der Waals surface area contributed by atoms with Gasteiger partial charge in [-0.05, 0) is 43.7 Å². The van der Waals surface area contributed by atoms with E-state index in [0.717, 1.165) is 39.1 Å². The zero-order valence-corrected chi connectivity index (χ0v) is 14.9. The molecule has 25 heavy (non-hydrogen) atoms. The fourth-order valence-corrected chi connectivity index (χ4v) is 4.45. The van der Waals surface area contributed by atoms with E-state index >= 15 is 0 Å². The lowest BCUT2D eigenvalue weighted by atomic mass is 9.99. The highest BCUT2D eigenvalue weighted by Gasteiger charge is 2.33. The molecule has 1 aromatic rings. The van der Waals surface area contributed by atoms with Crippen LogP contribution in [0.1, 0.15) is 24.8 Å². The second kappa shape index (κ2) is 7.75. The molecule has 3 heterocycles. The Morgan fingerprint density at radius 3 is 2.92 bits per heavy atom. The van der Waals surface area contributed by atoms with Crippen LogP contribution in [0.15, 0.2) is 30.3 Å². The van der Waals surface area contributed by atoms with Gasteiger partial charge in [-0.25, -0.2) is 4.79 Å². The van der Waals surface area contributed by atoms with E-state index in [1.807, 2.05) is 4.90 Å². The minimum absolute atomic E-state index is 0.0720. The Morgan fingerprint density at radius 1 is 1.16 bits per heavy atom. The van der Waals surface area contributed by atoms with Gasteiger partial charge in [0.15, 0.2) is 0 Å². The van der Waals surface area contributed by atoms with E-state index in [-0.39, 0.29) is 12.1 Å². The highest BCUT2D eigenvalue weighted by atomic mass is 16.5. The van der Waals surface area contributed by atoms with Crippen molar-refractivity contribution in [3.8, 4) is 0 Å². The number of hydrogen-bond acceptors (Lipinski definition) is 3. The van der Waals surface area contributed by atoms with Crippen molar-refractivity contribution < 1.29 is 9.53 Å². The molecule has 3 aliphatic rings. The van der Waals surface area contributed by atoms with E-state index in [4.69, 9.17) is 4.74 Å². The first-order chi connectivity index (χ1) is 12.3. The molecule has 0 radical (unpaired) electrons. The third kappa shape index (κ3) is 4.15. The second-order valence-corrected chi connectivity index (χ2v) is 7.72. The highest BCUT2D eigenvalue weighted by molar-refractivity contribution is 5.74. The largest absolute Gasteiger partial charge is 0.373 e. The number of urea groups is 1. The molecule has 3 aliphatic heterocycles. The van der Waals surface area contributed by atoms with Crippen molar-refractivity contribution in [2.45, 2.75) is 37.8 Å². The fourth-order valence-electron chi connectivity index (χ4n) is 4.45. The summed E-state index contributed by atoms with van der Waals surface area (Å²) in [5.74, 6) is 0.574. The quantitative estimate of drug-likeness (QED) is 0.911. The first-order valence-corrected chi connectivity index (χ1v) is 9.70. The summed E-state index contributed by atoms with van der Waals surface area (Å²) in [6, 6.07) is 11.3. The molecule has 0 spiro atoms. The minimum atomic E-state index is 0.0720. The van der Waals surface area contributed by atoms with Crippen molar-refractivity contribution in [1.29, 1.82) is 0 Å². The summed E-state index contributed by atoms with van der Waals surface area (Å²) >= 11 is 0. The van der Waals surface area contributed by atoms with Gasteiger partial charge >= 0.3 is 6.03 Å². The molecule has 4 rings (SSSR count). The van der Waals surface area contributed by atoms with E-state index in [1.54, 1.807) is 0 Å². The van der Waals surface area contributed by atoms with Gasteiger partial charge in [-0.15, -0.1) is 0 Å². The van der Waals surface area contributed by atoms with Crippen molar-refractivity contribution in [1.82, 2.24) is 15.1 Å². The van der Waals surface area contributed by atoms with Crippen molar-refractivity contribution in [3.05, 3.63) is 35.9 Å². The van der Waals surface area contributed by atoms with Crippen LogP contribution in [-0.2, 0) is 11.2 Å². The Balaban J connectivity index is 1.20. The van der Waals surface area contributed by atoms with Crippen LogP contribution in [0.4, 0.5) is 4.79 Å². The molecule has 0 bridgehead atoms. The Labute approximate surface area is 150 Å². The number of nitrogens with zero attached hydrogens (tertiary/aromatic N) is 2. The van der Waals surface area contributed by atoms with Gasteiger partial charge in [-0.2, -0.15) is 0 Å². The zero-order chi connectivity index (χ0) is 17.1. The van der Waals surface area contributed by atoms with Crippen molar-refractivity contribution >= 4 is 6.03 Å². The average molecular weight is 343 g/mol. The van der Waals surface area contributed by atoms with Gasteiger partial charge in [0.2, 0.25) is 0 Å². The number of fused-ring (bicyclic) bond motifs is 1. The molecule has 0 unspecified atom stereocenters. The zero-order valence-electron chi connectivity index (χ0n) is 14.9. The molecule has 0 aliphatic carbocycles. The van der Waals surface area contributed by atoms with Crippen LogP contribution in [0.5, 0.6) is 0 Å². The van der Waals surface area contributed by atoms with Gasteiger partial charge in [0, 0.05) is 32.2 Å². The molecule has 5 heteroatoms. The lowest BCUT2D eigenvalue weighted by Crippen LogP contribution is -2.51. The normalized spacial score (nSPS) is 29.6. The van der Waals surface area contributed by atoms with Crippen LogP contribution in [0.25, 0.3) is 0 Å². The number of ether oxygens (including phenoxy) is 1. The average Bonchev–Trinajstić information content (AvgIpc) is 3.29. The predicted octanol–water partition coefficient (Wildman–Crippen LogP) is 2.12. The molecule has 5 nitrogen and oxygen atoms in total. The summed E-state index contributed by atoms with van der Waals surface area (Å²) in [6.45, 7) is 5.32. The molecule has 3 fully saturated rings. The molecule has 1 N–H and O–H groups in total. The first-order valence-electron chi connectivity index (χ1n) is 9.70. The second-order valence-electron chi connectivity index (χ2n) is 7.72. The lowest BCUT2D eigenvalue weighted by Gasteiger charge is -2.35. The number of benzene rings is 1. The Kier molecular flexibility index (Phi) is 5.22. The van der Waals surface area contributed by atoms with E-state index in [9.17, 15) is 4.79 Å². The molecule has 3 saturated heterocycles. The Morgan fingerprint density at radius 2 is 2.04 bits per heavy atom. The summed E-state index contributed by atoms with van der Waals surface area (Å²) < 4.78 is 5.93. The standard InChI is InChI=1S/C20H29N3O2/c24-20(21-12-19-14-22-9-4-7-18(22)15-25-19)23-10-8-17(13-23)11-16-5-2-1-3-6-16/h1-3,5-6,17-19H,4,7-15H2,(H,21,24)/t17-,18-,19+/m0/s1. The third-order valence-corrected chi connectivity index (χ3v) is 5.88. The van der Waals surface area contributed by atoms with Crippen LogP contribution in [-0.4, -0.2) is 67.3 Å². The summed E-state index contributed by atoms with van der Waals surface area (Å²) in [4.78, 5) is 16.9. The molecule has 1 aromatic carbocycles. The first kappa shape index (κ1) is 16.9. The third-order valence-electron chi connectivity index (χ3n) is 5.88. The molecule has 0 saturated carbocycles. The topological polar surface area (TPSA) is 44.8 Å². The van der Waals surface area contributed by atoms with E-state index in [0.29, 0.717) is 18.5 Å². The maximum absolute atomic E-state index is 12.5. The number of carbonyl (C=O) groups excluding carboxylic acids is 1. The monoisotopic (exact) mass is 343 g/mol. The Bertz CT molecular complexity index is 580. The Hall–Kier alpha value is -1.59. The van der Waals surface area contributed by atoms with Gasteiger partial charge in [-0.1, -0.05) is 30.3 Å². The van der Waals surface area contributed by atoms with E-state index in [2.05, 4.69) is 40.5 Å². The van der Waals surface area contributed by atoms with Gasteiger partial charge in [-0.3, -0.25) is 4.90 Å². The SMILES string of the molecule is O=C(NC[C@@H]1CN2CCC[C@H]2CO1)N1CC[C@@H](Cc2ccccc2)C1. The fraction of sp³-hybridized carbons (Fsp3) is 0.650. The van der Waals surface area contributed by atoms with Gasteiger partial charge in [0.1, 0.15) is 0 Å². The maximum Gasteiger partial charge on any atom is 0.317 e. The minimum Gasteiger partial charge on any atom is -0.373 e. The smallest absolute Gasteiger partial charge is 0.317 e.